The first kappa shape index (κ1) is 25.1. The molecule has 0 aromatic rings. The summed E-state index contributed by atoms with van der Waals surface area (Å²) >= 11 is 2.80. The van der Waals surface area contributed by atoms with Crippen LogP contribution in [0.3, 0.4) is 0 Å². The molecule has 5 heteroatoms. The minimum Gasteiger partial charge on any atom is -0.506 e. The molecule has 5 atom stereocenters. The maximum Gasteiger partial charge on any atom is 2.00 e. The molecule has 22 heavy (non-hydrogen) atoms. The summed E-state index contributed by atoms with van der Waals surface area (Å²) in [5.41, 5.74) is 0. The average Bonchev–Trinajstić information content (AvgIpc) is 2.44. The standard InChI is InChI=1S/C15H29O3.C2H2Br.U/c1-11(10-18-5)8-13(3)15(9-14(4)17)12(2)6-7-16;1-2-3;/h6,11-13,15-16H,7-10H2,1-5H3;1-2H;/q2*-1;+2/i8T;;. The fraction of sp³-hybridized carbons (Fsp3) is 0.765. The van der Waals surface area contributed by atoms with E-state index in [1.807, 2.05) is 27.2 Å². The van der Waals surface area contributed by atoms with E-state index >= 15 is 0 Å². The zero-order valence-corrected chi connectivity index (χ0v) is 20.1. The Bertz CT molecular complexity index is 306. The molecule has 0 heterocycles. The molecule has 0 spiro atoms. The Morgan fingerprint density at radius 3 is 2.36 bits per heavy atom. The molecular weight excluding hydrogens is 570 g/mol. The number of carbonyl (C=O) groups is 1. The summed E-state index contributed by atoms with van der Waals surface area (Å²) in [6.07, 6.45) is 2.02. The molecule has 0 bridgehead atoms. The van der Waals surface area contributed by atoms with Gasteiger partial charge in [0.2, 0.25) is 0 Å². The van der Waals surface area contributed by atoms with Gasteiger partial charge in [-0.25, -0.2) is 4.99 Å². The summed E-state index contributed by atoms with van der Waals surface area (Å²) in [4.78, 5) is 12.7. The second-order valence-electron chi connectivity index (χ2n) is 5.46. The van der Waals surface area contributed by atoms with Crippen LogP contribution in [0.2, 0.25) is 0 Å². The SMILES string of the molecule is [3H]C(C(C)COC)C(C)C(CC(C)=O)C(C)[CH-]CO.[CH-]=CBr.[U+2]. The number of ether oxygens (including phenoxy) is 1. The Hall–Kier alpha value is 0.862. The van der Waals surface area contributed by atoms with Crippen molar-refractivity contribution in [1.29, 1.82) is 0 Å². The van der Waals surface area contributed by atoms with Gasteiger partial charge in [0.05, 0.1) is 0 Å². The molecule has 0 saturated heterocycles. The van der Waals surface area contributed by atoms with Gasteiger partial charge < -0.3 is 27.6 Å². The van der Waals surface area contributed by atoms with Crippen molar-refractivity contribution in [2.75, 3.05) is 20.3 Å². The van der Waals surface area contributed by atoms with Gasteiger partial charge in [0.15, 0.2) is 0 Å². The van der Waals surface area contributed by atoms with E-state index < -0.39 is 0 Å². The summed E-state index contributed by atoms with van der Waals surface area (Å²) in [5, 5.41) is 9.03. The van der Waals surface area contributed by atoms with Gasteiger partial charge in [0, 0.05) is 21.5 Å². The molecule has 0 fully saturated rings. The Kier molecular flexibility index (Phi) is 20.8. The van der Waals surface area contributed by atoms with Crippen molar-refractivity contribution in [3.63, 3.8) is 0 Å². The van der Waals surface area contributed by atoms with Gasteiger partial charge >= 0.3 is 31.1 Å². The van der Waals surface area contributed by atoms with Crippen LogP contribution in [0.25, 0.3) is 0 Å². The van der Waals surface area contributed by atoms with E-state index in [0.717, 1.165) is 0 Å². The first-order chi connectivity index (χ1) is 10.3. The number of hydrogen-bond donors (Lipinski definition) is 1. The molecule has 1 N–H and O–H groups in total. The topological polar surface area (TPSA) is 46.5 Å². The molecule has 5 unspecified atom stereocenters. The van der Waals surface area contributed by atoms with Crippen LogP contribution in [-0.4, -0.2) is 31.2 Å². The molecule has 0 radical (unpaired) electrons. The first-order valence-electron chi connectivity index (χ1n) is 7.82. The van der Waals surface area contributed by atoms with Crippen LogP contribution in [0.4, 0.5) is 0 Å². The van der Waals surface area contributed by atoms with Gasteiger partial charge in [0.1, 0.15) is 5.78 Å². The maximum absolute atomic E-state index is 11.4. The van der Waals surface area contributed by atoms with Crippen molar-refractivity contribution in [2.24, 2.45) is 23.7 Å². The first-order valence-corrected chi connectivity index (χ1v) is 8.16. The monoisotopic (exact) mass is 602 g/mol. The number of Topliss-reactive ketones (excluding diaryl/α,β-unsaturated/α-hetero) is 1. The van der Waals surface area contributed by atoms with Crippen LogP contribution in [0, 0.1) is 67.8 Å². The fourth-order valence-corrected chi connectivity index (χ4v) is 2.50. The van der Waals surface area contributed by atoms with Crippen molar-refractivity contribution in [1.82, 2.24) is 0 Å². The Morgan fingerprint density at radius 2 is 2.00 bits per heavy atom. The number of halogens is 1. The zero-order valence-electron chi connectivity index (χ0n) is 15.4. The van der Waals surface area contributed by atoms with Crippen molar-refractivity contribution in [2.45, 2.75) is 40.5 Å². The second kappa shape index (κ2) is 18.2. The number of methoxy groups -OCH3 is 1. The summed E-state index contributed by atoms with van der Waals surface area (Å²) in [5.74, 6) is 0.599. The maximum atomic E-state index is 11.4. The number of carbonyl (C=O) groups excluding carboxylic acids is 1. The molecule has 0 aliphatic carbocycles. The van der Waals surface area contributed by atoms with Crippen molar-refractivity contribution < 1.29 is 47.1 Å². The Balaban J connectivity index is -0.000000920. The molecule has 0 aromatic carbocycles. The molecule has 0 saturated carbocycles. The molecule has 0 rings (SSSR count). The molecule has 0 aliphatic rings. The van der Waals surface area contributed by atoms with Crippen molar-refractivity contribution in [3.05, 3.63) is 18.0 Å². The summed E-state index contributed by atoms with van der Waals surface area (Å²) in [6.45, 7) is 12.8. The van der Waals surface area contributed by atoms with E-state index in [2.05, 4.69) is 22.5 Å². The van der Waals surface area contributed by atoms with E-state index in [1.165, 1.54) is 4.99 Å². The normalized spacial score (nSPS) is 17.5. The summed E-state index contributed by atoms with van der Waals surface area (Å²) in [7, 11) is 1.64. The van der Waals surface area contributed by atoms with Crippen LogP contribution in [0.5, 0.6) is 0 Å². The van der Waals surface area contributed by atoms with Gasteiger partial charge in [0.25, 0.3) is 0 Å². The molecule has 0 aromatic heterocycles. The second-order valence-corrected chi connectivity index (χ2v) is 5.99. The number of rotatable bonds is 10. The van der Waals surface area contributed by atoms with Crippen LogP contribution < -0.4 is 0 Å². The molecule has 128 valence electrons. The van der Waals surface area contributed by atoms with E-state index in [-0.39, 0.29) is 73.6 Å². The number of aliphatic hydroxyl groups is 1. The predicted molar refractivity (Wildman–Crippen MR) is 92.0 cm³/mol. The largest absolute Gasteiger partial charge is 2.00 e. The minimum absolute atomic E-state index is 0. The van der Waals surface area contributed by atoms with Crippen molar-refractivity contribution >= 4 is 21.7 Å². The van der Waals surface area contributed by atoms with E-state index in [0.29, 0.717) is 13.0 Å². The number of ketones is 1. The third-order valence-corrected chi connectivity index (χ3v) is 3.41. The van der Waals surface area contributed by atoms with Gasteiger partial charge in [-0.2, -0.15) is 5.92 Å². The Morgan fingerprint density at radius 1 is 1.50 bits per heavy atom. The molecule has 0 aliphatic heterocycles. The smallest absolute Gasteiger partial charge is 0.506 e. The number of aliphatic hydroxyl groups excluding tert-OH is 1. The molecule has 3 nitrogen and oxygen atoms in total. The molecular formula is C17H31BrO3U. The predicted octanol–water partition coefficient (Wildman–Crippen LogP) is 4.05. The van der Waals surface area contributed by atoms with Gasteiger partial charge in [-0.1, -0.05) is 33.3 Å². The average molecular weight is 603 g/mol. The van der Waals surface area contributed by atoms with E-state index in [9.17, 15) is 4.79 Å². The van der Waals surface area contributed by atoms with Gasteiger partial charge in [-0.05, 0) is 25.2 Å². The Labute approximate surface area is 170 Å². The van der Waals surface area contributed by atoms with Crippen LogP contribution in [0.1, 0.15) is 41.9 Å². The zero-order chi connectivity index (χ0) is 17.7. The quantitative estimate of drug-likeness (QED) is 0.384. The van der Waals surface area contributed by atoms with Crippen LogP contribution in [0.15, 0.2) is 4.99 Å². The van der Waals surface area contributed by atoms with Gasteiger partial charge in [-0.3, -0.25) is 0 Å². The van der Waals surface area contributed by atoms with Crippen molar-refractivity contribution in [3.8, 4) is 0 Å². The van der Waals surface area contributed by atoms with E-state index in [1.54, 1.807) is 14.0 Å². The minimum atomic E-state index is -0.265. The third kappa shape index (κ3) is 15.7. The van der Waals surface area contributed by atoms with E-state index in [4.69, 9.17) is 11.2 Å². The number of hydrogen-bond acceptors (Lipinski definition) is 3. The summed E-state index contributed by atoms with van der Waals surface area (Å²) in [6, 6.07) is 0. The molecule has 0 amide bonds. The van der Waals surface area contributed by atoms with Gasteiger partial charge in [-0.15, -0.1) is 15.9 Å². The van der Waals surface area contributed by atoms with Crippen LogP contribution >= 0.6 is 15.9 Å². The van der Waals surface area contributed by atoms with Crippen LogP contribution in [-0.2, 0) is 9.53 Å². The third-order valence-electron chi connectivity index (χ3n) is 3.41. The summed E-state index contributed by atoms with van der Waals surface area (Å²) < 4.78 is 13.4. The fourth-order valence-electron chi connectivity index (χ4n) is 2.50.